The zero-order valence-corrected chi connectivity index (χ0v) is 12.2. The molecule has 4 heteroatoms. The highest BCUT2D eigenvalue weighted by molar-refractivity contribution is 7.11. The minimum Gasteiger partial charge on any atom is -0.399 e. The van der Waals surface area contributed by atoms with Crippen LogP contribution < -0.4 is 10.6 Å². The third-order valence-electron chi connectivity index (χ3n) is 3.39. The molecule has 0 atom stereocenters. The highest BCUT2D eigenvalue weighted by Gasteiger charge is 2.12. The summed E-state index contributed by atoms with van der Waals surface area (Å²) < 4.78 is 4.52. The molecule has 1 heterocycles. The van der Waals surface area contributed by atoms with Crippen LogP contribution in [0.25, 0.3) is 10.9 Å². The molecule has 0 bridgehead atoms. The van der Waals surface area contributed by atoms with Gasteiger partial charge in [-0.15, -0.1) is 0 Å². The van der Waals surface area contributed by atoms with E-state index in [1.807, 2.05) is 18.2 Å². The van der Waals surface area contributed by atoms with E-state index in [1.54, 1.807) is 11.5 Å². The van der Waals surface area contributed by atoms with Crippen molar-refractivity contribution in [3.05, 3.63) is 54.1 Å². The standard InChI is InChI=1S/C16H17N3S/c1-2-19(11-12-7-9-13(17)10-8-12)16-14-5-3-4-6-15(14)18-20-16/h3-10H,2,11,17H2,1H3. The van der Waals surface area contributed by atoms with Crippen molar-refractivity contribution < 1.29 is 0 Å². The molecule has 0 aliphatic carbocycles. The molecule has 0 fully saturated rings. The lowest BCUT2D eigenvalue weighted by Crippen LogP contribution is -2.21. The van der Waals surface area contributed by atoms with Gasteiger partial charge in [-0.2, -0.15) is 4.37 Å². The Morgan fingerprint density at radius 1 is 1.10 bits per heavy atom. The van der Waals surface area contributed by atoms with Gasteiger partial charge in [-0.25, -0.2) is 0 Å². The maximum Gasteiger partial charge on any atom is 0.120 e. The monoisotopic (exact) mass is 283 g/mol. The average molecular weight is 283 g/mol. The van der Waals surface area contributed by atoms with E-state index in [2.05, 4.69) is 46.5 Å². The molecule has 2 N–H and O–H groups in total. The number of anilines is 2. The van der Waals surface area contributed by atoms with Crippen LogP contribution >= 0.6 is 11.5 Å². The van der Waals surface area contributed by atoms with E-state index in [9.17, 15) is 0 Å². The highest BCUT2D eigenvalue weighted by Crippen LogP contribution is 2.31. The van der Waals surface area contributed by atoms with Crippen molar-refractivity contribution in [3.8, 4) is 0 Å². The van der Waals surface area contributed by atoms with Crippen molar-refractivity contribution in [1.82, 2.24) is 4.37 Å². The first-order valence-corrected chi connectivity index (χ1v) is 7.49. The number of fused-ring (bicyclic) bond motifs is 1. The van der Waals surface area contributed by atoms with E-state index in [0.717, 1.165) is 24.3 Å². The van der Waals surface area contributed by atoms with Crippen molar-refractivity contribution in [2.24, 2.45) is 0 Å². The van der Waals surface area contributed by atoms with Gasteiger partial charge in [-0.3, -0.25) is 0 Å². The van der Waals surface area contributed by atoms with E-state index >= 15 is 0 Å². The molecule has 102 valence electrons. The Bertz CT molecular complexity index is 703. The molecule has 2 aromatic carbocycles. The van der Waals surface area contributed by atoms with E-state index in [0.29, 0.717) is 0 Å². The average Bonchev–Trinajstić information content (AvgIpc) is 2.91. The fourth-order valence-corrected chi connectivity index (χ4v) is 3.20. The summed E-state index contributed by atoms with van der Waals surface area (Å²) in [6.07, 6.45) is 0. The second-order valence-corrected chi connectivity index (χ2v) is 5.51. The SMILES string of the molecule is CCN(Cc1ccc(N)cc1)c1snc2ccccc12. The second kappa shape index (κ2) is 5.51. The van der Waals surface area contributed by atoms with Crippen LogP contribution in [0.5, 0.6) is 0 Å². The van der Waals surface area contributed by atoms with Gasteiger partial charge in [0, 0.05) is 24.2 Å². The zero-order chi connectivity index (χ0) is 13.9. The van der Waals surface area contributed by atoms with Crippen LogP contribution in [-0.4, -0.2) is 10.9 Å². The molecule has 0 radical (unpaired) electrons. The highest BCUT2D eigenvalue weighted by atomic mass is 32.1. The zero-order valence-electron chi connectivity index (χ0n) is 11.4. The minimum absolute atomic E-state index is 0.806. The summed E-state index contributed by atoms with van der Waals surface area (Å²) in [5.41, 5.74) is 8.88. The first-order chi connectivity index (χ1) is 9.78. The Kier molecular flexibility index (Phi) is 3.56. The molecular weight excluding hydrogens is 266 g/mol. The lowest BCUT2D eigenvalue weighted by molar-refractivity contribution is 0.844. The molecule has 0 aliphatic rings. The van der Waals surface area contributed by atoms with Crippen LogP contribution in [0.2, 0.25) is 0 Å². The van der Waals surface area contributed by atoms with Crippen LogP contribution in [0.15, 0.2) is 48.5 Å². The molecule has 0 saturated heterocycles. The van der Waals surface area contributed by atoms with Gasteiger partial charge in [-0.1, -0.05) is 24.3 Å². The summed E-state index contributed by atoms with van der Waals surface area (Å²) in [6, 6.07) is 16.4. The van der Waals surface area contributed by atoms with Crippen LogP contribution in [0.3, 0.4) is 0 Å². The Hall–Kier alpha value is -2.07. The first-order valence-electron chi connectivity index (χ1n) is 6.71. The van der Waals surface area contributed by atoms with E-state index in [4.69, 9.17) is 5.73 Å². The van der Waals surface area contributed by atoms with Gasteiger partial charge in [0.2, 0.25) is 0 Å². The van der Waals surface area contributed by atoms with Crippen molar-refractivity contribution >= 4 is 33.1 Å². The topological polar surface area (TPSA) is 42.1 Å². The number of benzene rings is 2. The van der Waals surface area contributed by atoms with Gasteiger partial charge in [0.15, 0.2) is 0 Å². The van der Waals surface area contributed by atoms with Crippen molar-refractivity contribution in [2.45, 2.75) is 13.5 Å². The Morgan fingerprint density at radius 3 is 2.60 bits per heavy atom. The summed E-state index contributed by atoms with van der Waals surface area (Å²) in [4.78, 5) is 2.35. The number of rotatable bonds is 4. The number of hydrogen-bond donors (Lipinski definition) is 1. The summed E-state index contributed by atoms with van der Waals surface area (Å²) in [5.74, 6) is 0. The quantitative estimate of drug-likeness (QED) is 0.738. The van der Waals surface area contributed by atoms with Gasteiger partial charge in [-0.05, 0) is 48.3 Å². The van der Waals surface area contributed by atoms with E-state index in [-0.39, 0.29) is 0 Å². The lowest BCUT2D eigenvalue weighted by atomic mass is 10.2. The molecule has 20 heavy (non-hydrogen) atoms. The first kappa shape index (κ1) is 12.9. The smallest absolute Gasteiger partial charge is 0.120 e. The molecule has 1 aromatic heterocycles. The van der Waals surface area contributed by atoms with Crippen molar-refractivity contribution in [1.29, 1.82) is 0 Å². The van der Waals surface area contributed by atoms with Crippen molar-refractivity contribution in [3.63, 3.8) is 0 Å². The summed E-state index contributed by atoms with van der Waals surface area (Å²) in [5, 5.41) is 2.47. The van der Waals surface area contributed by atoms with E-state index in [1.165, 1.54) is 16.0 Å². The summed E-state index contributed by atoms with van der Waals surface area (Å²) in [7, 11) is 0. The molecule has 0 unspecified atom stereocenters. The fraction of sp³-hybridized carbons (Fsp3) is 0.188. The largest absolute Gasteiger partial charge is 0.399 e. The van der Waals surface area contributed by atoms with Crippen molar-refractivity contribution in [2.75, 3.05) is 17.2 Å². The maximum atomic E-state index is 5.74. The summed E-state index contributed by atoms with van der Waals surface area (Å²) in [6.45, 7) is 4.01. The molecule has 3 rings (SSSR count). The number of nitrogens with two attached hydrogens (primary N) is 1. The Labute approximate surface area is 122 Å². The van der Waals surface area contributed by atoms with E-state index < -0.39 is 0 Å². The third-order valence-corrected chi connectivity index (χ3v) is 4.33. The number of aromatic nitrogens is 1. The van der Waals surface area contributed by atoms with Crippen LogP contribution in [0.1, 0.15) is 12.5 Å². The Balaban J connectivity index is 1.91. The molecule has 0 spiro atoms. The maximum absolute atomic E-state index is 5.74. The minimum atomic E-state index is 0.806. The number of nitrogens with zero attached hydrogens (tertiary/aromatic N) is 2. The molecular formula is C16H17N3S. The number of hydrogen-bond acceptors (Lipinski definition) is 4. The van der Waals surface area contributed by atoms with Gasteiger partial charge >= 0.3 is 0 Å². The van der Waals surface area contributed by atoms with Gasteiger partial charge in [0.25, 0.3) is 0 Å². The molecule has 0 aliphatic heterocycles. The molecule has 0 saturated carbocycles. The van der Waals surface area contributed by atoms with Gasteiger partial charge in [0.05, 0.1) is 5.52 Å². The lowest BCUT2D eigenvalue weighted by Gasteiger charge is -2.21. The van der Waals surface area contributed by atoms with Crippen LogP contribution in [0, 0.1) is 0 Å². The van der Waals surface area contributed by atoms with Gasteiger partial charge in [0.1, 0.15) is 5.00 Å². The summed E-state index contributed by atoms with van der Waals surface area (Å²) >= 11 is 1.57. The predicted octanol–water partition coefficient (Wildman–Crippen LogP) is 3.91. The molecule has 3 aromatic rings. The van der Waals surface area contributed by atoms with Crippen LogP contribution in [-0.2, 0) is 6.54 Å². The van der Waals surface area contributed by atoms with Crippen LogP contribution in [0.4, 0.5) is 10.7 Å². The number of nitrogen functional groups attached to an aromatic ring is 1. The predicted molar refractivity (Wildman–Crippen MR) is 87.2 cm³/mol. The normalized spacial score (nSPS) is 10.8. The third kappa shape index (κ3) is 2.47. The molecule has 0 amide bonds. The Morgan fingerprint density at radius 2 is 1.85 bits per heavy atom. The second-order valence-electron chi connectivity index (χ2n) is 4.76. The fourth-order valence-electron chi connectivity index (χ4n) is 2.27. The molecule has 3 nitrogen and oxygen atoms in total. The van der Waals surface area contributed by atoms with Gasteiger partial charge < -0.3 is 10.6 Å².